The first-order chi connectivity index (χ1) is 9.59. The summed E-state index contributed by atoms with van der Waals surface area (Å²) in [7, 11) is 1.74. The topological polar surface area (TPSA) is 37.4 Å². The molecule has 3 nitrogen and oxygen atoms in total. The van der Waals surface area contributed by atoms with Gasteiger partial charge in [-0.2, -0.15) is 11.3 Å². The molecule has 0 radical (unpaired) electrons. The van der Waals surface area contributed by atoms with Crippen molar-refractivity contribution in [1.82, 2.24) is 4.90 Å². The van der Waals surface area contributed by atoms with E-state index in [-0.39, 0.29) is 24.2 Å². The molecule has 4 heteroatoms. The zero-order chi connectivity index (χ0) is 14.5. The lowest BCUT2D eigenvalue weighted by Crippen LogP contribution is -2.38. The van der Waals surface area contributed by atoms with E-state index in [9.17, 15) is 9.59 Å². The summed E-state index contributed by atoms with van der Waals surface area (Å²) in [6, 6.07) is 1.82. The van der Waals surface area contributed by atoms with Crippen LogP contribution in [0.25, 0.3) is 0 Å². The van der Waals surface area contributed by atoms with Crippen molar-refractivity contribution in [2.24, 2.45) is 11.8 Å². The number of ketones is 1. The smallest absolute Gasteiger partial charge is 0.225 e. The minimum atomic E-state index is 0.0259. The lowest BCUT2D eigenvalue weighted by Gasteiger charge is -2.29. The van der Waals surface area contributed by atoms with Gasteiger partial charge < -0.3 is 4.90 Å². The van der Waals surface area contributed by atoms with E-state index in [1.54, 1.807) is 11.9 Å². The number of Topliss-reactive ketones (excluding diaryl/α,β-unsaturated/α-hetero) is 1. The average molecular weight is 293 g/mol. The van der Waals surface area contributed by atoms with E-state index in [0.29, 0.717) is 11.5 Å². The predicted molar refractivity (Wildman–Crippen MR) is 82.0 cm³/mol. The van der Waals surface area contributed by atoms with E-state index in [4.69, 9.17) is 0 Å². The van der Waals surface area contributed by atoms with Crippen LogP contribution in [0.15, 0.2) is 16.8 Å². The Labute approximate surface area is 125 Å². The number of likely N-dealkylation sites (N-methyl/N-ethyl adjacent to an activating group) is 1. The predicted octanol–water partition coefficient (Wildman–Crippen LogP) is 3.61. The molecule has 0 N–H and O–H groups in total. The quantitative estimate of drug-likeness (QED) is 0.778. The number of carbonyl (C=O) groups excluding carboxylic acids is 2. The lowest BCUT2D eigenvalue weighted by molar-refractivity contribution is -0.135. The normalized spacial score (nSPS) is 17.7. The highest BCUT2D eigenvalue weighted by Crippen LogP contribution is 2.30. The van der Waals surface area contributed by atoms with Crippen LogP contribution in [0.3, 0.4) is 0 Å². The van der Waals surface area contributed by atoms with Crippen LogP contribution in [0.4, 0.5) is 0 Å². The summed E-state index contributed by atoms with van der Waals surface area (Å²) in [5.41, 5.74) is 0.708. The molecular formula is C16H23NO2S. The van der Waals surface area contributed by atoms with Crippen LogP contribution in [0.1, 0.15) is 49.4 Å². The number of thiophene rings is 1. The van der Waals surface area contributed by atoms with E-state index < -0.39 is 0 Å². The van der Waals surface area contributed by atoms with Crippen LogP contribution >= 0.6 is 11.3 Å². The molecule has 1 amide bonds. The van der Waals surface area contributed by atoms with Gasteiger partial charge in [0.25, 0.3) is 0 Å². The molecule has 1 aromatic rings. The molecule has 1 heterocycles. The van der Waals surface area contributed by atoms with Crippen LogP contribution in [-0.4, -0.2) is 30.2 Å². The largest absolute Gasteiger partial charge is 0.338 e. The molecule has 1 aromatic heterocycles. The Morgan fingerprint density at radius 3 is 2.65 bits per heavy atom. The maximum atomic E-state index is 12.4. The first-order valence-electron chi connectivity index (χ1n) is 7.40. The van der Waals surface area contributed by atoms with Gasteiger partial charge in [0.1, 0.15) is 0 Å². The average Bonchev–Trinajstić information content (AvgIpc) is 3.01. The van der Waals surface area contributed by atoms with Crippen LogP contribution in [0.2, 0.25) is 0 Å². The van der Waals surface area contributed by atoms with Gasteiger partial charge in [0, 0.05) is 23.9 Å². The summed E-state index contributed by atoms with van der Waals surface area (Å²) in [6.07, 6.45) is 6.07. The molecule has 20 heavy (non-hydrogen) atoms. The van der Waals surface area contributed by atoms with Gasteiger partial charge >= 0.3 is 0 Å². The Hall–Kier alpha value is -1.16. The Bertz CT molecular complexity index is 449. The van der Waals surface area contributed by atoms with Gasteiger partial charge in [-0.3, -0.25) is 9.59 Å². The van der Waals surface area contributed by atoms with Crippen molar-refractivity contribution in [3.63, 3.8) is 0 Å². The van der Waals surface area contributed by atoms with E-state index in [2.05, 4.69) is 0 Å². The molecule has 0 aromatic carbocycles. The first kappa shape index (κ1) is 15.2. The SMILES string of the molecule is C[C@H](C(=O)N(C)CC(=O)c1ccsc1)C1CCCCC1. The van der Waals surface area contributed by atoms with Gasteiger partial charge in [0.05, 0.1) is 6.54 Å². The summed E-state index contributed by atoms with van der Waals surface area (Å²) in [4.78, 5) is 26.1. The highest BCUT2D eigenvalue weighted by molar-refractivity contribution is 7.08. The fraction of sp³-hybridized carbons (Fsp3) is 0.625. The molecule has 1 aliphatic carbocycles. The number of nitrogens with zero attached hydrogens (tertiary/aromatic N) is 1. The van der Waals surface area contributed by atoms with Gasteiger partial charge in [-0.25, -0.2) is 0 Å². The second-order valence-electron chi connectivity index (χ2n) is 5.82. The number of hydrogen-bond donors (Lipinski definition) is 0. The zero-order valence-corrected chi connectivity index (χ0v) is 13.1. The second-order valence-corrected chi connectivity index (χ2v) is 6.60. The monoisotopic (exact) mass is 293 g/mol. The molecule has 0 bridgehead atoms. The number of rotatable bonds is 5. The second kappa shape index (κ2) is 7.02. The minimum absolute atomic E-state index is 0.0259. The van der Waals surface area contributed by atoms with Crippen molar-refractivity contribution >= 4 is 23.0 Å². The van der Waals surface area contributed by atoms with Crippen LogP contribution < -0.4 is 0 Å². The van der Waals surface area contributed by atoms with Crippen molar-refractivity contribution in [2.75, 3.05) is 13.6 Å². The van der Waals surface area contributed by atoms with E-state index in [1.165, 1.54) is 30.6 Å². The molecule has 0 unspecified atom stereocenters. The van der Waals surface area contributed by atoms with E-state index in [1.807, 2.05) is 23.8 Å². The van der Waals surface area contributed by atoms with E-state index in [0.717, 1.165) is 12.8 Å². The molecule has 0 spiro atoms. The van der Waals surface area contributed by atoms with Crippen molar-refractivity contribution in [3.05, 3.63) is 22.4 Å². The summed E-state index contributed by atoms with van der Waals surface area (Å²) in [6.45, 7) is 2.20. The molecule has 1 fully saturated rings. The van der Waals surface area contributed by atoms with Gasteiger partial charge in [-0.05, 0) is 30.2 Å². The fourth-order valence-electron chi connectivity index (χ4n) is 2.99. The summed E-state index contributed by atoms with van der Waals surface area (Å²) < 4.78 is 0. The van der Waals surface area contributed by atoms with Crippen molar-refractivity contribution in [1.29, 1.82) is 0 Å². The third-order valence-electron chi connectivity index (χ3n) is 4.35. The summed E-state index contributed by atoms with van der Waals surface area (Å²) >= 11 is 1.51. The van der Waals surface area contributed by atoms with Crippen LogP contribution in [0.5, 0.6) is 0 Å². The number of amides is 1. The lowest BCUT2D eigenvalue weighted by atomic mass is 9.80. The van der Waals surface area contributed by atoms with Crippen LogP contribution in [0, 0.1) is 11.8 Å². The maximum absolute atomic E-state index is 12.4. The molecule has 0 saturated heterocycles. The Morgan fingerprint density at radius 2 is 2.05 bits per heavy atom. The molecule has 1 atom stereocenters. The third kappa shape index (κ3) is 3.69. The molecule has 1 saturated carbocycles. The Balaban J connectivity index is 1.89. The van der Waals surface area contributed by atoms with Crippen molar-refractivity contribution < 1.29 is 9.59 Å². The van der Waals surface area contributed by atoms with Crippen molar-refractivity contribution in [3.8, 4) is 0 Å². The third-order valence-corrected chi connectivity index (χ3v) is 5.03. The maximum Gasteiger partial charge on any atom is 0.225 e. The molecule has 0 aliphatic heterocycles. The Kier molecular flexibility index (Phi) is 5.35. The van der Waals surface area contributed by atoms with Gasteiger partial charge in [0.15, 0.2) is 5.78 Å². The summed E-state index contributed by atoms with van der Waals surface area (Å²) in [5.74, 6) is 0.670. The van der Waals surface area contributed by atoms with Crippen molar-refractivity contribution in [2.45, 2.75) is 39.0 Å². The van der Waals surface area contributed by atoms with E-state index >= 15 is 0 Å². The van der Waals surface area contributed by atoms with Gasteiger partial charge in [-0.1, -0.05) is 26.2 Å². The molecular weight excluding hydrogens is 270 g/mol. The zero-order valence-electron chi connectivity index (χ0n) is 12.3. The van der Waals surface area contributed by atoms with Gasteiger partial charge in [-0.15, -0.1) is 0 Å². The highest BCUT2D eigenvalue weighted by Gasteiger charge is 2.28. The standard InChI is InChI=1S/C16H23NO2S/c1-12(13-6-4-3-5-7-13)16(19)17(2)10-15(18)14-8-9-20-11-14/h8-9,11-13H,3-7,10H2,1-2H3/t12-/m0/s1. The molecule has 110 valence electrons. The first-order valence-corrected chi connectivity index (χ1v) is 8.34. The number of carbonyl (C=O) groups is 2. The number of hydrogen-bond acceptors (Lipinski definition) is 3. The summed E-state index contributed by atoms with van der Waals surface area (Å²) in [5, 5.41) is 3.73. The minimum Gasteiger partial charge on any atom is -0.338 e. The molecule has 1 aliphatic rings. The van der Waals surface area contributed by atoms with Gasteiger partial charge in [0.2, 0.25) is 5.91 Å². The molecule has 2 rings (SSSR count). The van der Waals surface area contributed by atoms with Crippen LogP contribution in [-0.2, 0) is 4.79 Å². The highest BCUT2D eigenvalue weighted by atomic mass is 32.1. The Morgan fingerprint density at radius 1 is 1.35 bits per heavy atom. The fourth-order valence-corrected chi connectivity index (χ4v) is 3.65.